The van der Waals surface area contributed by atoms with Crippen molar-refractivity contribution in [1.29, 1.82) is 0 Å². The van der Waals surface area contributed by atoms with Gasteiger partial charge >= 0.3 is 0 Å². The van der Waals surface area contributed by atoms with Crippen LogP contribution in [-0.2, 0) is 12.0 Å². The molecule has 0 spiro atoms. The normalized spacial score (nSPS) is 15.7. The number of carbonyl (C=O) groups excluding carboxylic acids is 1. The van der Waals surface area contributed by atoms with Crippen molar-refractivity contribution in [3.8, 4) is 0 Å². The van der Waals surface area contributed by atoms with Gasteiger partial charge in [-0.05, 0) is 49.3 Å². The first-order chi connectivity index (χ1) is 11.6. The molecular weight excluding hydrogens is 375 g/mol. The second-order valence-electron chi connectivity index (χ2n) is 7.68. The largest absolute Gasteiger partial charge is 0.320 e. The highest BCUT2D eigenvalue weighted by Gasteiger charge is 2.27. The fourth-order valence-electron chi connectivity index (χ4n) is 2.87. The molecule has 0 aliphatic heterocycles. The van der Waals surface area contributed by atoms with E-state index in [4.69, 9.17) is 23.2 Å². The Morgan fingerprint density at radius 3 is 2.36 bits per heavy atom. The monoisotopic (exact) mass is 396 g/mol. The average Bonchev–Trinajstić information content (AvgIpc) is 3.24. The van der Waals surface area contributed by atoms with Gasteiger partial charge in [0.15, 0.2) is 4.80 Å². The summed E-state index contributed by atoms with van der Waals surface area (Å²) in [6.45, 7) is 9.63. The summed E-state index contributed by atoms with van der Waals surface area (Å²) in [4.78, 5) is 19.1. The Morgan fingerprint density at radius 1 is 1.24 bits per heavy atom. The van der Waals surface area contributed by atoms with Crippen molar-refractivity contribution in [2.75, 3.05) is 0 Å². The van der Waals surface area contributed by atoms with E-state index in [2.05, 4.69) is 37.3 Å². The summed E-state index contributed by atoms with van der Waals surface area (Å²) in [6.07, 6.45) is 2.51. The van der Waals surface area contributed by atoms with Crippen molar-refractivity contribution in [2.24, 2.45) is 10.9 Å². The maximum absolute atomic E-state index is 12.7. The number of nitrogens with zero attached hydrogens (tertiary/aromatic N) is 2. The van der Waals surface area contributed by atoms with Crippen molar-refractivity contribution in [2.45, 2.75) is 52.5 Å². The van der Waals surface area contributed by atoms with Gasteiger partial charge in [0.2, 0.25) is 0 Å². The first-order valence-electron chi connectivity index (χ1n) is 8.41. The Balaban J connectivity index is 2.07. The molecule has 134 valence electrons. The Hall–Kier alpha value is -1.10. The maximum atomic E-state index is 12.7. The van der Waals surface area contributed by atoms with E-state index in [9.17, 15) is 4.79 Å². The maximum Gasteiger partial charge on any atom is 0.279 e. The van der Waals surface area contributed by atoms with Crippen molar-refractivity contribution >= 4 is 40.4 Å². The highest BCUT2D eigenvalue weighted by atomic mass is 35.5. The van der Waals surface area contributed by atoms with Gasteiger partial charge in [-0.3, -0.25) is 4.79 Å². The van der Waals surface area contributed by atoms with E-state index in [0.29, 0.717) is 21.5 Å². The van der Waals surface area contributed by atoms with Crippen molar-refractivity contribution in [1.82, 2.24) is 4.57 Å². The number of rotatable bonds is 3. The van der Waals surface area contributed by atoms with Crippen LogP contribution in [0.25, 0.3) is 0 Å². The van der Waals surface area contributed by atoms with Crippen LogP contribution in [0.15, 0.2) is 23.2 Å². The summed E-state index contributed by atoms with van der Waals surface area (Å²) in [7, 11) is 0. The predicted octanol–water partition coefficient (Wildman–Crippen LogP) is 5.61. The molecule has 1 fully saturated rings. The van der Waals surface area contributed by atoms with E-state index in [-0.39, 0.29) is 11.3 Å². The topological polar surface area (TPSA) is 34.4 Å². The second-order valence-corrected chi connectivity index (χ2v) is 9.53. The van der Waals surface area contributed by atoms with Gasteiger partial charge < -0.3 is 4.57 Å². The molecule has 3 nitrogen and oxygen atoms in total. The van der Waals surface area contributed by atoms with Gasteiger partial charge in [-0.2, -0.15) is 4.99 Å². The summed E-state index contributed by atoms with van der Waals surface area (Å²) in [5.74, 6) is 0.395. The van der Waals surface area contributed by atoms with Crippen LogP contribution in [0, 0.1) is 12.8 Å². The molecule has 1 amide bonds. The zero-order valence-corrected chi connectivity index (χ0v) is 17.2. The second kappa shape index (κ2) is 6.90. The molecule has 1 heterocycles. The molecule has 0 atom stereocenters. The van der Waals surface area contributed by atoms with Gasteiger partial charge in [0, 0.05) is 32.7 Å². The number of hydrogen-bond donors (Lipinski definition) is 0. The molecule has 0 radical (unpaired) electrons. The van der Waals surface area contributed by atoms with Gasteiger partial charge in [-0.25, -0.2) is 0 Å². The molecular formula is C19H22Cl2N2OS. The Labute approximate surface area is 162 Å². The SMILES string of the molecule is Cc1c(C(C)(C)C)sc(=NC(=O)c2cc(Cl)cc(Cl)c2)n1CC1CC1. The Bertz CT molecular complexity index is 866. The van der Waals surface area contributed by atoms with E-state index in [1.807, 2.05) is 0 Å². The molecule has 0 saturated heterocycles. The number of hydrogen-bond acceptors (Lipinski definition) is 2. The van der Waals surface area contributed by atoms with Crippen molar-refractivity contribution in [3.63, 3.8) is 0 Å². The molecule has 1 aromatic carbocycles. The van der Waals surface area contributed by atoms with Crippen molar-refractivity contribution in [3.05, 3.63) is 49.2 Å². The molecule has 0 unspecified atom stereocenters. The fourth-order valence-corrected chi connectivity index (χ4v) is 4.59. The highest BCUT2D eigenvalue weighted by molar-refractivity contribution is 7.09. The molecule has 1 saturated carbocycles. The highest BCUT2D eigenvalue weighted by Crippen LogP contribution is 2.33. The Morgan fingerprint density at radius 2 is 1.84 bits per heavy atom. The van der Waals surface area contributed by atoms with Crippen LogP contribution >= 0.6 is 34.5 Å². The van der Waals surface area contributed by atoms with Gasteiger partial charge in [0.1, 0.15) is 0 Å². The van der Waals surface area contributed by atoms with Gasteiger partial charge in [0.05, 0.1) is 0 Å². The van der Waals surface area contributed by atoms with E-state index >= 15 is 0 Å². The summed E-state index contributed by atoms with van der Waals surface area (Å²) in [5, 5.41) is 0.879. The Kier molecular flexibility index (Phi) is 5.16. The summed E-state index contributed by atoms with van der Waals surface area (Å²) < 4.78 is 2.20. The van der Waals surface area contributed by atoms with E-state index in [1.54, 1.807) is 29.5 Å². The van der Waals surface area contributed by atoms with E-state index in [1.165, 1.54) is 23.4 Å². The number of aromatic nitrogens is 1. The number of thiazole rings is 1. The van der Waals surface area contributed by atoms with Gasteiger partial charge in [-0.15, -0.1) is 11.3 Å². The zero-order valence-electron chi connectivity index (χ0n) is 14.9. The van der Waals surface area contributed by atoms with Crippen LogP contribution in [0.1, 0.15) is 54.5 Å². The van der Waals surface area contributed by atoms with Crippen LogP contribution in [0.3, 0.4) is 0 Å². The molecule has 0 N–H and O–H groups in total. The molecule has 3 rings (SSSR count). The minimum Gasteiger partial charge on any atom is -0.320 e. The molecule has 6 heteroatoms. The van der Waals surface area contributed by atoms with Crippen LogP contribution in [0.2, 0.25) is 10.0 Å². The quantitative estimate of drug-likeness (QED) is 0.663. The summed E-state index contributed by atoms with van der Waals surface area (Å²) in [5.41, 5.74) is 1.65. The van der Waals surface area contributed by atoms with Gasteiger partial charge in [-0.1, -0.05) is 44.0 Å². The smallest absolute Gasteiger partial charge is 0.279 e. The minimum absolute atomic E-state index is 0.0240. The van der Waals surface area contributed by atoms with Crippen LogP contribution < -0.4 is 4.80 Å². The van der Waals surface area contributed by atoms with E-state index in [0.717, 1.165) is 11.3 Å². The molecule has 0 bridgehead atoms. The fraction of sp³-hybridized carbons (Fsp3) is 0.474. The van der Waals surface area contributed by atoms with E-state index < -0.39 is 0 Å². The molecule has 1 aromatic heterocycles. The lowest BCUT2D eigenvalue weighted by Gasteiger charge is -2.17. The number of amides is 1. The van der Waals surface area contributed by atoms with Crippen molar-refractivity contribution < 1.29 is 4.79 Å². The van der Waals surface area contributed by atoms with Crippen LogP contribution in [0.4, 0.5) is 0 Å². The average molecular weight is 397 g/mol. The number of halogens is 2. The molecule has 1 aliphatic rings. The van der Waals surface area contributed by atoms with Crippen LogP contribution in [0.5, 0.6) is 0 Å². The minimum atomic E-state index is -0.310. The third-order valence-electron chi connectivity index (χ3n) is 4.28. The third-order valence-corrected chi connectivity index (χ3v) is 6.33. The standard InChI is InChI=1S/C19H22Cl2N2OS/c1-11-16(19(2,3)4)25-18(23(11)10-12-5-6-12)22-17(24)13-7-14(20)9-15(21)8-13/h7-9,12H,5-6,10H2,1-4H3. The number of benzene rings is 1. The number of carbonyl (C=O) groups is 1. The molecule has 2 aromatic rings. The lowest BCUT2D eigenvalue weighted by molar-refractivity contribution is 0.0997. The first-order valence-corrected chi connectivity index (χ1v) is 9.98. The van der Waals surface area contributed by atoms with Crippen LogP contribution in [-0.4, -0.2) is 10.5 Å². The zero-order chi connectivity index (χ0) is 18.4. The lowest BCUT2D eigenvalue weighted by Crippen LogP contribution is -2.19. The lowest BCUT2D eigenvalue weighted by atomic mass is 9.93. The summed E-state index contributed by atoms with van der Waals surface area (Å²) in [6, 6.07) is 4.82. The molecule has 25 heavy (non-hydrogen) atoms. The predicted molar refractivity (Wildman–Crippen MR) is 105 cm³/mol. The van der Waals surface area contributed by atoms with Gasteiger partial charge in [0.25, 0.3) is 5.91 Å². The third kappa shape index (κ3) is 4.36. The first kappa shape index (κ1) is 18.7. The summed E-state index contributed by atoms with van der Waals surface area (Å²) >= 11 is 13.6. The molecule has 1 aliphatic carbocycles.